The first-order valence-corrected chi connectivity index (χ1v) is 8.38. The Morgan fingerprint density at radius 1 is 1.29 bits per heavy atom. The Morgan fingerprint density at radius 2 is 2.05 bits per heavy atom. The van der Waals surface area contributed by atoms with Crippen molar-refractivity contribution in [2.75, 3.05) is 6.54 Å². The molecule has 1 heterocycles. The summed E-state index contributed by atoms with van der Waals surface area (Å²) in [5, 5.41) is 3.69. The molecule has 1 aliphatic heterocycles. The summed E-state index contributed by atoms with van der Waals surface area (Å²) in [6, 6.07) is 7.06. The molecule has 0 amide bonds. The summed E-state index contributed by atoms with van der Waals surface area (Å²) in [7, 11) is 0. The maximum Gasteiger partial charge on any atom is 0.124 e. The summed E-state index contributed by atoms with van der Waals surface area (Å²) in [6.45, 7) is 12.5. The SMILES string of the molecule is CCNC1CC2(CC(C)(C)CC2C)Oc2ccc(C)cc21. The monoisotopic (exact) mass is 287 g/mol. The van der Waals surface area contributed by atoms with Crippen LogP contribution in [0.25, 0.3) is 0 Å². The van der Waals surface area contributed by atoms with Crippen molar-refractivity contribution in [3.05, 3.63) is 29.3 Å². The number of fused-ring (bicyclic) bond motifs is 1. The van der Waals surface area contributed by atoms with Gasteiger partial charge in [0.1, 0.15) is 11.4 Å². The number of benzene rings is 1. The lowest BCUT2D eigenvalue weighted by molar-refractivity contribution is -0.00271. The molecule has 3 rings (SSSR count). The van der Waals surface area contributed by atoms with E-state index in [1.165, 1.54) is 17.5 Å². The van der Waals surface area contributed by atoms with E-state index in [4.69, 9.17) is 4.74 Å². The topological polar surface area (TPSA) is 21.3 Å². The molecule has 1 N–H and O–H groups in total. The van der Waals surface area contributed by atoms with Gasteiger partial charge in [-0.1, -0.05) is 45.4 Å². The Balaban J connectivity index is 2.00. The van der Waals surface area contributed by atoms with Crippen molar-refractivity contribution in [2.24, 2.45) is 11.3 Å². The summed E-state index contributed by atoms with van der Waals surface area (Å²) >= 11 is 0. The van der Waals surface area contributed by atoms with E-state index in [1.54, 1.807) is 0 Å². The van der Waals surface area contributed by atoms with E-state index in [9.17, 15) is 0 Å². The highest BCUT2D eigenvalue weighted by molar-refractivity contribution is 5.42. The van der Waals surface area contributed by atoms with Crippen LogP contribution >= 0.6 is 0 Å². The van der Waals surface area contributed by atoms with Gasteiger partial charge in [-0.2, -0.15) is 0 Å². The molecular formula is C19H29NO. The predicted molar refractivity (Wildman–Crippen MR) is 87.8 cm³/mol. The van der Waals surface area contributed by atoms with Gasteiger partial charge in [-0.25, -0.2) is 0 Å². The Bertz CT molecular complexity index is 536. The molecule has 1 aromatic carbocycles. The highest BCUT2D eigenvalue weighted by Crippen LogP contribution is 2.55. The Hall–Kier alpha value is -1.02. The van der Waals surface area contributed by atoms with Crippen molar-refractivity contribution in [2.45, 2.75) is 65.5 Å². The third-order valence-corrected chi connectivity index (χ3v) is 5.39. The summed E-state index contributed by atoms with van der Waals surface area (Å²) in [4.78, 5) is 0. The van der Waals surface area contributed by atoms with Gasteiger partial charge in [0.05, 0.1) is 0 Å². The molecule has 2 aliphatic rings. The molecule has 0 aromatic heterocycles. The number of aryl methyl sites for hydroxylation is 1. The van der Waals surface area contributed by atoms with Crippen LogP contribution in [0.4, 0.5) is 0 Å². The van der Waals surface area contributed by atoms with Crippen molar-refractivity contribution in [1.29, 1.82) is 0 Å². The third kappa shape index (κ3) is 2.59. The number of rotatable bonds is 2. The summed E-state index contributed by atoms with van der Waals surface area (Å²) < 4.78 is 6.62. The van der Waals surface area contributed by atoms with Crippen LogP contribution in [0.15, 0.2) is 18.2 Å². The van der Waals surface area contributed by atoms with Crippen molar-refractivity contribution >= 4 is 0 Å². The van der Waals surface area contributed by atoms with E-state index in [1.807, 2.05) is 0 Å². The smallest absolute Gasteiger partial charge is 0.124 e. The number of hydrogen-bond acceptors (Lipinski definition) is 2. The quantitative estimate of drug-likeness (QED) is 0.856. The van der Waals surface area contributed by atoms with Crippen LogP contribution in [0.1, 0.15) is 64.1 Å². The zero-order valence-electron chi connectivity index (χ0n) is 14.1. The van der Waals surface area contributed by atoms with Gasteiger partial charge < -0.3 is 10.1 Å². The maximum atomic E-state index is 6.62. The summed E-state index contributed by atoms with van der Waals surface area (Å²) in [5.74, 6) is 1.71. The fourth-order valence-corrected chi connectivity index (χ4v) is 4.66. The van der Waals surface area contributed by atoms with Crippen LogP contribution < -0.4 is 10.1 Å². The van der Waals surface area contributed by atoms with E-state index < -0.39 is 0 Å². The molecule has 2 nitrogen and oxygen atoms in total. The number of ether oxygens (including phenoxy) is 1. The molecular weight excluding hydrogens is 258 g/mol. The van der Waals surface area contributed by atoms with Gasteiger partial charge in [0.2, 0.25) is 0 Å². The van der Waals surface area contributed by atoms with Gasteiger partial charge in [0.25, 0.3) is 0 Å². The van der Waals surface area contributed by atoms with E-state index in [0.717, 1.165) is 25.1 Å². The highest BCUT2D eigenvalue weighted by atomic mass is 16.5. The van der Waals surface area contributed by atoms with Crippen molar-refractivity contribution < 1.29 is 4.74 Å². The molecule has 3 unspecified atom stereocenters. The second-order valence-electron chi connectivity index (χ2n) is 7.97. The van der Waals surface area contributed by atoms with Crippen molar-refractivity contribution in [3.63, 3.8) is 0 Å². The normalized spacial score (nSPS) is 33.8. The largest absolute Gasteiger partial charge is 0.487 e. The van der Waals surface area contributed by atoms with E-state index in [-0.39, 0.29) is 5.60 Å². The summed E-state index contributed by atoms with van der Waals surface area (Å²) in [6.07, 6.45) is 3.52. The third-order valence-electron chi connectivity index (χ3n) is 5.39. The first-order valence-electron chi connectivity index (χ1n) is 8.38. The van der Waals surface area contributed by atoms with Gasteiger partial charge in [-0.05, 0) is 43.7 Å². The predicted octanol–water partition coefficient (Wildman–Crippen LogP) is 4.62. The van der Waals surface area contributed by atoms with Gasteiger partial charge in [0, 0.05) is 18.0 Å². The van der Waals surface area contributed by atoms with E-state index >= 15 is 0 Å². The Kier molecular flexibility index (Phi) is 3.56. The van der Waals surface area contributed by atoms with Gasteiger partial charge in [-0.3, -0.25) is 0 Å². The average Bonchev–Trinajstić information content (AvgIpc) is 2.60. The van der Waals surface area contributed by atoms with Gasteiger partial charge in [0.15, 0.2) is 0 Å². The number of nitrogens with one attached hydrogen (secondary N) is 1. The standard InChI is InChI=1S/C19H29NO/c1-6-20-16-11-19(12-18(4,5)10-14(19)3)21-17-8-7-13(2)9-15(16)17/h7-9,14,16,20H,6,10-12H2,1-5H3. The lowest BCUT2D eigenvalue weighted by Crippen LogP contribution is -2.46. The first-order chi connectivity index (χ1) is 9.85. The molecule has 1 spiro atoms. The molecule has 0 radical (unpaired) electrons. The van der Waals surface area contributed by atoms with Crippen LogP contribution in [0, 0.1) is 18.3 Å². The van der Waals surface area contributed by atoms with Gasteiger partial charge >= 0.3 is 0 Å². The molecule has 1 saturated carbocycles. The van der Waals surface area contributed by atoms with Crippen LogP contribution in [0.2, 0.25) is 0 Å². The van der Waals surface area contributed by atoms with Gasteiger partial charge in [-0.15, -0.1) is 0 Å². The van der Waals surface area contributed by atoms with Crippen LogP contribution in [0.5, 0.6) is 5.75 Å². The zero-order chi connectivity index (χ0) is 15.3. The molecule has 21 heavy (non-hydrogen) atoms. The van der Waals surface area contributed by atoms with Crippen molar-refractivity contribution in [3.8, 4) is 5.75 Å². The second-order valence-corrected chi connectivity index (χ2v) is 7.97. The average molecular weight is 287 g/mol. The molecule has 0 bridgehead atoms. The molecule has 116 valence electrons. The molecule has 1 aromatic rings. The summed E-state index contributed by atoms with van der Waals surface area (Å²) in [5.41, 5.74) is 3.06. The Morgan fingerprint density at radius 3 is 2.67 bits per heavy atom. The molecule has 0 saturated heterocycles. The minimum atomic E-state index is 0.0125. The minimum Gasteiger partial charge on any atom is -0.487 e. The minimum absolute atomic E-state index is 0.0125. The fourth-order valence-electron chi connectivity index (χ4n) is 4.66. The lowest BCUT2D eigenvalue weighted by Gasteiger charge is -2.43. The first kappa shape index (κ1) is 14.9. The molecule has 1 aliphatic carbocycles. The fraction of sp³-hybridized carbons (Fsp3) is 0.684. The maximum absolute atomic E-state index is 6.62. The van der Waals surface area contributed by atoms with E-state index in [0.29, 0.717) is 17.4 Å². The van der Waals surface area contributed by atoms with E-state index in [2.05, 4.69) is 58.1 Å². The van der Waals surface area contributed by atoms with Crippen LogP contribution in [-0.2, 0) is 0 Å². The zero-order valence-corrected chi connectivity index (χ0v) is 14.1. The number of hydrogen-bond donors (Lipinski definition) is 1. The highest BCUT2D eigenvalue weighted by Gasteiger charge is 2.53. The Labute approximate surface area is 129 Å². The van der Waals surface area contributed by atoms with Crippen molar-refractivity contribution in [1.82, 2.24) is 5.32 Å². The molecule has 3 atom stereocenters. The van der Waals surface area contributed by atoms with Crippen LogP contribution in [0.3, 0.4) is 0 Å². The molecule has 2 heteroatoms. The van der Waals surface area contributed by atoms with Crippen LogP contribution in [-0.4, -0.2) is 12.1 Å². The second kappa shape index (κ2) is 5.01. The molecule has 1 fully saturated rings. The lowest BCUT2D eigenvalue weighted by atomic mass is 9.79.